The van der Waals surface area contributed by atoms with E-state index in [0.717, 1.165) is 24.2 Å². The second kappa shape index (κ2) is 4.58. The topological polar surface area (TPSA) is 59.3 Å². The molecule has 2 aromatic heterocycles. The smallest absolute Gasteiger partial charge is 0.271 e. The van der Waals surface area contributed by atoms with Crippen LogP contribution in [-0.4, -0.2) is 26.5 Å². The molecule has 0 unspecified atom stereocenters. The molecule has 2 fully saturated rings. The molecule has 2 aromatic rings. The highest BCUT2D eigenvalue weighted by Gasteiger charge is 2.26. The van der Waals surface area contributed by atoms with Gasteiger partial charge >= 0.3 is 0 Å². The van der Waals surface area contributed by atoms with Gasteiger partial charge in [0.1, 0.15) is 5.69 Å². The van der Waals surface area contributed by atoms with Gasteiger partial charge in [-0.2, -0.15) is 5.10 Å². The molecule has 2 aliphatic carbocycles. The normalized spacial score (nSPS) is 19.6. The standard InChI is InChI=1S/C15H18N4O/c20-15(16-11-3-1-2-4-11)12-7-8-14-17-13(10-5-6-10)9-19(14)18-12/h7-11H,1-6H2,(H,16,20). The molecule has 4 rings (SSSR count). The van der Waals surface area contributed by atoms with Crippen LogP contribution in [0.4, 0.5) is 0 Å². The third kappa shape index (κ3) is 2.17. The monoisotopic (exact) mass is 270 g/mol. The SMILES string of the molecule is O=C(NC1CCCC1)c1ccc2nc(C3CC3)cn2n1. The zero-order valence-electron chi connectivity index (χ0n) is 11.4. The molecule has 0 radical (unpaired) electrons. The zero-order chi connectivity index (χ0) is 13.5. The third-order valence-electron chi connectivity index (χ3n) is 4.26. The van der Waals surface area contributed by atoms with Crippen LogP contribution in [0, 0.1) is 0 Å². The summed E-state index contributed by atoms with van der Waals surface area (Å²) in [5, 5.41) is 7.46. The molecule has 2 heterocycles. The van der Waals surface area contributed by atoms with Crippen molar-refractivity contribution < 1.29 is 4.79 Å². The van der Waals surface area contributed by atoms with Crippen molar-refractivity contribution in [1.29, 1.82) is 0 Å². The maximum atomic E-state index is 12.2. The Balaban J connectivity index is 1.57. The lowest BCUT2D eigenvalue weighted by atomic mass is 10.2. The molecule has 1 N–H and O–H groups in total. The van der Waals surface area contributed by atoms with Crippen molar-refractivity contribution in [3.8, 4) is 0 Å². The Morgan fingerprint density at radius 1 is 1.20 bits per heavy atom. The van der Waals surface area contributed by atoms with Crippen molar-refractivity contribution in [1.82, 2.24) is 19.9 Å². The molecule has 1 amide bonds. The van der Waals surface area contributed by atoms with E-state index in [1.807, 2.05) is 12.3 Å². The third-order valence-corrected chi connectivity index (χ3v) is 4.26. The van der Waals surface area contributed by atoms with Gasteiger partial charge in [0.25, 0.3) is 5.91 Å². The number of hydrogen-bond donors (Lipinski definition) is 1. The highest BCUT2D eigenvalue weighted by molar-refractivity contribution is 5.92. The van der Waals surface area contributed by atoms with E-state index in [1.54, 1.807) is 10.6 Å². The minimum atomic E-state index is -0.0690. The molecule has 2 saturated carbocycles. The number of fused-ring (bicyclic) bond motifs is 1. The maximum absolute atomic E-state index is 12.2. The average molecular weight is 270 g/mol. The predicted molar refractivity (Wildman–Crippen MR) is 74.7 cm³/mol. The fraction of sp³-hybridized carbons (Fsp3) is 0.533. The van der Waals surface area contributed by atoms with Gasteiger partial charge in [-0.1, -0.05) is 12.8 Å². The maximum Gasteiger partial charge on any atom is 0.271 e. The number of nitrogens with one attached hydrogen (secondary N) is 1. The van der Waals surface area contributed by atoms with Gasteiger partial charge < -0.3 is 5.32 Å². The Kier molecular flexibility index (Phi) is 2.72. The van der Waals surface area contributed by atoms with Gasteiger partial charge in [-0.3, -0.25) is 4.79 Å². The Morgan fingerprint density at radius 2 is 2.00 bits per heavy atom. The van der Waals surface area contributed by atoms with E-state index in [4.69, 9.17) is 0 Å². The first-order chi connectivity index (χ1) is 9.79. The van der Waals surface area contributed by atoms with Crippen LogP contribution in [0.5, 0.6) is 0 Å². The van der Waals surface area contributed by atoms with Crippen LogP contribution in [0.1, 0.15) is 60.6 Å². The number of carbonyl (C=O) groups excluding carboxylic acids is 1. The molecule has 0 saturated heterocycles. The van der Waals surface area contributed by atoms with Gasteiger partial charge in [0, 0.05) is 12.0 Å². The van der Waals surface area contributed by atoms with Crippen molar-refractivity contribution in [2.45, 2.75) is 50.5 Å². The van der Waals surface area contributed by atoms with Gasteiger partial charge in [0.05, 0.1) is 11.9 Å². The second-order valence-corrected chi connectivity index (χ2v) is 5.92. The first-order valence-electron chi connectivity index (χ1n) is 7.47. The molecule has 0 spiro atoms. The minimum Gasteiger partial charge on any atom is -0.348 e. The van der Waals surface area contributed by atoms with Crippen molar-refractivity contribution >= 4 is 11.6 Å². The van der Waals surface area contributed by atoms with Crippen LogP contribution in [0.15, 0.2) is 18.3 Å². The summed E-state index contributed by atoms with van der Waals surface area (Å²) in [4.78, 5) is 16.7. The number of aromatic nitrogens is 3. The second-order valence-electron chi connectivity index (χ2n) is 5.92. The molecular formula is C15H18N4O. The van der Waals surface area contributed by atoms with E-state index in [0.29, 0.717) is 17.7 Å². The first-order valence-corrected chi connectivity index (χ1v) is 7.47. The van der Waals surface area contributed by atoms with Crippen molar-refractivity contribution in [3.05, 3.63) is 29.7 Å². The molecule has 5 nitrogen and oxygen atoms in total. The Hall–Kier alpha value is -1.91. The van der Waals surface area contributed by atoms with E-state index < -0.39 is 0 Å². The predicted octanol–water partition coefficient (Wildman–Crippen LogP) is 2.28. The van der Waals surface area contributed by atoms with Crippen LogP contribution < -0.4 is 5.32 Å². The Labute approximate surface area is 117 Å². The number of rotatable bonds is 3. The zero-order valence-corrected chi connectivity index (χ0v) is 11.4. The highest BCUT2D eigenvalue weighted by atomic mass is 16.2. The van der Waals surface area contributed by atoms with Crippen LogP contribution in [-0.2, 0) is 0 Å². The summed E-state index contributed by atoms with van der Waals surface area (Å²) in [7, 11) is 0. The van der Waals surface area contributed by atoms with Crippen LogP contribution in [0.2, 0.25) is 0 Å². The molecule has 0 aromatic carbocycles. The Bertz CT molecular complexity index is 653. The van der Waals surface area contributed by atoms with E-state index in [1.165, 1.54) is 25.7 Å². The molecular weight excluding hydrogens is 252 g/mol. The number of imidazole rings is 1. The molecule has 20 heavy (non-hydrogen) atoms. The lowest BCUT2D eigenvalue weighted by molar-refractivity contribution is 0.0931. The number of hydrogen-bond acceptors (Lipinski definition) is 3. The van der Waals surface area contributed by atoms with Gasteiger partial charge in [-0.25, -0.2) is 9.50 Å². The Morgan fingerprint density at radius 3 is 2.75 bits per heavy atom. The van der Waals surface area contributed by atoms with Gasteiger partial charge in [-0.05, 0) is 37.8 Å². The fourth-order valence-corrected chi connectivity index (χ4v) is 2.93. The quantitative estimate of drug-likeness (QED) is 0.930. The molecule has 5 heteroatoms. The van der Waals surface area contributed by atoms with Crippen molar-refractivity contribution in [2.75, 3.05) is 0 Å². The summed E-state index contributed by atoms with van der Waals surface area (Å²) in [6, 6.07) is 3.97. The lowest BCUT2D eigenvalue weighted by Gasteiger charge is -2.11. The van der Waals surface area contributed by atoms with Crippen LogP contribution >= 0.6 is 0 Å². The molecule has 104 valence electrons. The summed E-state index contributed by atoms with van der Waals surface area (Å²) < 4.78 is 1.73. The molecule has 0 aliphatic heterocycles. The van der Waals surface area contributed by atoms with E-state index >= 15 is 0 Å². The van der Waals surface area contributed by atoms with Crippen LogP contribution in [0.3, 0.4) is 0 Å². The van der Waals surface area contributed by atoms with Crippen molar-refractivity contribution in [3.63, 3.8) is 0 Å². The number of carbonyl (C=O) groups is 1. The summed E-state index contributed by atoms with van der Waals surface area (Å²) in [5.74, 6) is 0.535. The number of amides is 1. The molecule has 0 bridgehead atoms. The molecule has 2 aliphatic rings. The summed E-state index contributed by atoms with van der Waals surface area (Å²) in [5.41, 5.74) is 2.40. The van der Waals surface area contributed by atoms with Crippen molar-refractivity contribution in [2.24, 2.45) is 0 Å². The number of nitrogens with zero attached hydrogens (tertiary/aromatic N) is 3. The summed E-state index contributed by atoms with van der Waals surface area (Å²) >= 11 is 0. The van der Waals surface area contributed by atoms with E-state index in [2.05, 4.69) is 15.4 Å². The molecule has 0 atom stereocenters. The summed E-state index contributed by atoms with van der Waals surface area (Å²) in [6.07, 6.45) is 9.00. The average Bonchev–Trinajstić information content (AvgIpc) is 3.01. The van der Waals surface area contributed by atoms with Gasteiger partial charge in [-0.15, -0.1) is 0 Å². The van der Waals surface area contributed by atoms with Crippen LogP contribution in [0.25, 0.3) is 5.65 Å². The highest BCUT2D eigenvalue weighted by Crippen LogP contribution is 2.39. The first kappa shape index (κ1) is 11.9. The fourth-order valence-electron chi connectivity index (χ4n) is 2.93. The van der Waals surface area contributed by atoms with E-state index in [-0.39, 0.29) is 5.91 Å². The van der Waals surface area contributed by atoms with Gasteiger partial charge in [0.2, 0.25) is 0 Å². The van der Waals surface area contributed by atoms with E-state index in [9.17, 15) is 4.79 Å². The van der Waals surface area contributed by atoms with Gasteiger partial charge in [0.15, 0.2) is 5.65 Å². The lowest BCUT2D eigenvalue weighted by Crippen LogP contribution is -2.33. The summed E-state index contributed by atoms with van der Waals surface area (Å²) in [6.45, 7) is 0. The minimum absolute atomic E-state index is 0.0690. The largest absolute Gasteiger partial charge is 0.348 e.